The molecule has 4 aromatic carbocycles. The van der Waals surface area contributed by atoms with Crippen molar-refractivity contribution in [2.24, 2.45) is 0 Å². The lowest BCUT2D eigenvalue weighted by molar-refractivity contribution is 0.625. The Labute approximate surface area is 178 Å². The predicted octanol–water partition coefficient (Wildman–Crippen LogP) is 7.59. The smallest absolute Gasteiger partial charge is 0.123 e. The minimum absolute atomic E-state index is 0.230. The molecule has 0 radical (unpaired) electrons. The summed E-state index contributed by atoms with van der Waals surface area (Å²) in [5, 5.41) is 0. The molecule has 1 unspecified atom stereocenters. The van der Waals surface area contributed by atoms with Gasteiger partial charge < -0.3 is 0 Å². The van der Waals surface area contributed by atoms with E-state index >= 15 is 0 Å². The maximum atomic E-state index is 13.8. The number of hydrogen-bond acceptors (Lipinski definition) is 0. The van der Waals surface area contributed by atoms with Crippen LogP contribution in [0.3, 0.4) is 0 Å². The van der Waals surface area contributed by atoms with Crippen molar-refractivity contribution >= 4 is 22.0 Å². The van der Waals surface area contributed by atoms with Gasteiger partial charge in [0.2, 0.25) is 0 Å². The van der Waals surface area contributed by atoms with Crippen molar-refractivity contribution in [2.75, 3.05) is 0 Å². The summed E-state index contributed by atoms with van der Waals surface area (Å²) in [5.41, 5.74) is 7.60. The molecule has 0 aromatic heterocycles. The van der Waals surface area contributed by atoms with Crippen LogP contribution >= 0.6 is 15.9 Å². The summed E-state index contributed by atoms with van der Waals surface area (Å²) in [4.78, 5) is 0. The van der Waals surface area contributed by atoms with E-state index in [4.69, 9.17) is 0 Å². The zero-order valence-electron chi connectivity index (χ0n) is 15.7. The first-order valence-electron chi connectivity index (χ1n) is 9.53. The average molecular weight is 441 g/mol. The Hall–Kier alpha value is -2.97. The lowest BCUT2D eigenvalue weighted by Crippen LogP contribution is -2.28. The zero-order chi connectivity index (χ0) is 20.0. The lowest BCUT2D eigenvalue weighted by atomic mass is 9.67. The van der Waals surface area contributed by atoms with Gasteiger partial charge in [-0.1, -0.05) is 95.3 Å². The molecule has 4 aromatic rings. The minimum Gasteiger partial charge on any atom is -0.207 e. The maximum Gasteiger partial charge on any atom is 0.123 e. The molecule has 0 saturated carbocycles. The molecular formula is C27H18BrF. The van der Waals surface area contributed by atoms with Gasteiger partial charge in [-0.2, -0.15) is 0 Å². The van der Waals surface area contributed by atoms with Gasteiger partial charge in [-0.05, 0) is 63.2 Å². The van der Waals surface area contributed by atoms with E-state index in [1.807, 2.05) is 18.2 Å². The predicted molar refractivity (Wildman–Crippen MR) is 121 cm³/mol. The van der Waals surface area contributed by atoms with Gasteiger partial charge in [0.15, 0.2) is 0 Å². The van der Waals surface area contributed by atoms with E-state index < -0.39 is 5.41 Å². The molecule has 1 aliphatic carbocycles. The molecule has 0 aliphatic heterocycles. The molecule has 5 rings (SSSR count). The van der Waals surface area contributed by atoms with Gasteiger partial charge >= 0.3 is 0 Å². The number of hydrogen-bond donors (Lipinski definition) is 0. The first-order valence-corrected chi connectivity index (χ1v) is 10.3. The average Bonchev–Trinajstić information content (AvgIpc) is 3.05. The van der Waals surface area contributed by atoms with Crippen molar-refractivity contribution in [3.8, 4) is 11.1 Å². The standard InChI is InChI=1S/C27H18BrF/c1-2-18-7-9-19(10-8-18)27(20-11-14-22(29)15-12-20)25-6-4-3-5-23(25)24-16-13-21(28)17-26(24)27/h2-17H,1H2. The first-order chi connectivity index (χ1) is 14.1. The lowest BCUT2D eigenvalue weighted by Gasteiger charge is -2.34. The summed E-state index contributed by atoms with van der Waals surface area (Å²) in [6.07, 6.45) is 1.85. The number of rotatable bonds is 3. The highest BCUT2D eigenvalue weighted by Gasteiger charge is 2.46. The second kappa shape index (κ2) is 6.82. The van der Waals surface area contributed by atoms with Crippen LogP contribution in [0, 0.1) is 5.82 Å². The van der Waals surface area contributed by atoms with Crippen molar-refractivity contribution in [3.63, 3.8) is 0 Å². The van der Waals surface area contributed by atoms with Gasteiger partial charge in [-0.25, -0.2) is 4.39 Å². The number of halogens is 2. The quantitative estimate of drug-likeness (QED) is 0.271. The van der Waals surface area contributed by atoms with E-state index in [0.717, 1.165) is 21.2 Å². The topological polar surface area (TPSA) is 0 Å². The number of benzene rings is 4. The molecule has 1 atom stereocenters. The molecular weight excluding hydrogens is 423 g/mol. The monoisotopic (exact) mass is 440 g/mol. The van der Waals surface area contributed by atoms with Crippen LogP contribution in [0.1, 0.15) is 27.8 Å². The summed E-state index contributed by atoms with van der Waals surface area (Å²) >= 11 is 3.67. The van der Waals surface area contributed by atoms with Crippen LogP contribution in [0.15, 0.2) is 102 Å². The molecule has 0 N–H and O–H groups in total. The molecule has 0 nitrogen and oxygen atoms in total. The Kier molecular flexibility index (Phi) is 4.25. The van der Waals surface area contributed by atoms with Gasteiger partial charge in [0.25, 0.3) is 0 Å². The van der Waals surface area contributed by atoms with Crippen LogP contribution in [0.25, 0.3) is 17.2 Å². The fraction of sp³-hybridized carbons (Fsp3) is 0.0370. The molecule has 0 fully saturated rings. The SMILES string of the molecule is C=Cc1ccc(C2(c3ccc(F)cc3)c3ccccc3-c3ccc(Br)cc32)cc1. The van der Waals surface area contributed by atoms with Gasteiger partial charge in [-0.3, -0.25) is 0 Å². The van der Waals surface area contributed by atoms with Crippen LogP contribution < -0.4 is 0 Å². The summed E-state index contributed by atoms with van der Waals surface area (Å²) in [7, 11) is 0. The van der Waals surface area contributed by atoms with Crippen molar-refractivity contribution < 1.29 is 4.39 Å². The maximum absolute atomic E-state index is 13.8. The molecule has 2 heteroatoms. The van der Waals surface area contributed by atoms with Gasteiger partial charge in [0.05, 0.1) is 5.41 Å². The van der Waals surface area contributed by atoms with Gasteiger partial charge in [-0.15, -0.1) is 0 Å². The van der Waals surface area contributed by atoms with Crippen LogP contribution in [0.4, 0.5) is 4.39 Å². The van der Waals surface area contributed by atoms with Gasteiger partial charge in [0.1, 0.15) is 5.82 Å². The normalized spacial score (nSPS) is 16.9. The molecule has 140 valence electrons. The third-order valence-electron chi connectivity index (χ3n) is 5.86. The fourth-order valence-corrected chi connectivity index (χ4v) is 4.97. The summed E-state index contributed by atoms with van der Waals surface area (Å²) in [6.45, 7) is 3.88. The molecule has 0 amide bonds. The Morgan fingerprint density at radius 2 is 1.34 bits per heavy atom. The molecule has 0 heterocycles. The Morgan fingerprint density at radius 3 is 2.03 bits per heavy atom. The second-order valence-corrected chi connectivity index (χ2v) is 8.23. The van der Waals surface area contributed by atoms with Crippen molar-refractivity contribution in [1.29, 1.82) is 0 Å². The first kappa shape index (κ1) is 18.1. The number of fused-ring (bicyclic) bond motifs is 3. The zero-order valence-corrected chi connectivity index (χ0v) is 17.3. The molecule has 0 spiro atoms. The molecule has 29 heavy (non-hydrogen) atoms. The van der Waals surface area contributed by atoms with Crippen LogP contribution in [-0.2, 0) is 5.41 Å². The Morgan fingerprint density at radius 1 is 0.724 bits per heavy atom. The summed E-state index contributed by atoms with van der Waals surface area (Å²) in [5.74, 6) is -0.230. The minimum atomic E-state index is -0.511. The van der Waals surface area contributed by atoms with Crippen molar-refractivity contribution in [3.05, 3.63) is 136 Å². The third kappa shape index (κ3) is 2.63. The van der Waals surface area contributed by atoms with E-state index in [2.05, 4.69) is 89.2 Å². The highest BCUT2D eigenvalue weighted by molar-refractivity contribution is 9.10. The molecule has 0 bridgehead atoms. The highest BCUT2D eigenvalue weighted by Crippen LogP contribution is 2.56. The van der Waals surface area contributed by atoms with E-state index in [9.17, 15) is 4.39 Å². The third-order valence-corrected chi connectivity index (χ3v) is 6.36. The second-order valence-electron chi connectivity index (χ2n) is 7.32. The van der Waals surface area contributed by atoms with Crippen molar-refractivity contribution in [1.82, 2.24) is 0 Å². The van der Waals surface area contributed by atoms with E-state index in [0.29, 0.717) is 0 Å². The van der Waals surface area contributed by atoms with E-state index in [1.165, 1.54) is 22.3 Å². The fourth-order valence-electron chi connectivity index (χ4n) is 4.61. The Balaban J connectivity index is 1.94. The molecule has 1 aliphatic rings. The Bertz CT molecular complexity index is 1220. The van der Waals surface area contributed by atoms with E-state index in [1.54, 1.807) is 12.1 Å². The van der Waals surface area contributed by atoms with Crippen LogP contribution in [-0.4, -0.2) is 0 Å². The molecule has 0 saturated heterocycles. The van der Waals surface area contributed by atoms with Crippen LogP contribution in [0.2, 0.25) is 0 Å². The summed E-state index contributed by atoms with van der Waals surface area (Å²) in [6, 6.07) is 30.4. The van der Waals surface area contributed by atoms with Crippen LogP contribution in [0.5, 0.6) is 0 Å². The summed E-state index contributed by atoms with van der Waals surface area (Å²) < 4.78 is 14.9. The highest BCUT2D eigenvalue weighted by atomic mass is 79.9. The van der Waals surface area contributed by atoms with E-state index in [-0.39, 0.29) is 5.82 Å². The van der Waals surface area contributed by atoms with Gasteiger partial charge in [0, 0.05) is 4.47 Å². The van der Waals surface area contributed by atoms with Crippen molar-refractivity contribution in [2.45, 2.75) is 5.41 Å². The largest absolute Gasteiger partial charge is 0.207 e.